The number of benzene rings is 2. The van der Waals surface area contributed by atoms with E-state index in [1.54, 1.807) is 0 Å². The van der Waals surface area contributed by atoms with Gasteiger partial charge >= 0.3 is 0 Å². The average molecular weight is 383 g/mol. The van der Waals surface area contributed by atoms with Crippen molar-refractivity contribution in [3.8, 4) is 11.1 Å². The number of piperidine rings is 1. The van der Waals surface area contributed by atoms with E-state index in [0.29, 0.717) is 5.92 Å². The number of pyridine rings is 1. The Morgan fingerprint density at radius 3 is 2.97 bits per heavy atom. The van der Waals surface area contributed by atoms with Crippen molar-refractivity contribution in [2.75, 3.05) is 13.1 Å². The molecule has 1 atom stereocenters. The number of H-pyrrole nitrogens is 1. The Morgan fingerprint density at radius 1 is 1.10 bits per heavy atom. The molecule has 1 N–H and O–H groups in total. The van der Waals surface area contributed by atoms with E-state index in [4.69, 9.17) is 0 Å². The van der Waals surface area contributed by atoms with Crippen LogP contribution in [0, 0.1) is 6.92 Å². The van der Waals surface area contributed by atoms with Crippen LogP contribution in [0.4, 0.5) is 0 Å². The maximum Gasteiger partial charge on any atom is 0.0705 e. The van der Waals surface area contributed by atoms with E-state index in [0.717, 1.165) is 25.2 Å². The van der Waals surface area contributed by atoms with Crippen molar-refractivity contribution in [1.29, 1.82) is 0 Å². The van der Waals surface area contributed by atoms with E-state index < -0.39 is 0 Å². The highest BCUT2D eigenvalue weighted by Crippen LogP contribution is 2.34. The Kier molecular flexibility index (Phi) is 4.86. The van der Waals surface area contributed by atoms with E-state index in [-0.39, 0.29) is 0 Å². The molecule has 0 radical (unpaired) electrons. The highest BCUT2D eigenvalue weighted by Gasteiger charge is 2.25. The summed E-state index contributed by atoms with van der Waals surface area (Å²) in [6, 6.07) is 19.3. The maximum atomic E-state index is 4.51. The molecule has 1 unspecified atom stereocenters. The van der Waals surface area contributed by atoms with Crippen LogP contribution in [-0.4, -0.2) is 33.2 Å². The van der Waals surface area contributed by atoms with Crippen molar-refractivity contribution >= 4 is 10.9 Å². The van der Waals surface area contributed by atoms with Gasteiger partial charge in [0.25, 0.3) is 0 Å². The van der Waals surface area contributed by atoms with Crippen LogP contribution in [0.3, 0.4) is 0 Å². The summed E-state index contributed by atoms with van der Waals surface area (Å²) in [5.74, 6) is 0.481. The molecular formula is C25H26N4. The second-order valence-electron chi connectivity index (χ2n) is 8.13. The molecule has 4 nitrogen and oxygen atoms in total. The molecule has 2 aromatic heterocycles. The maximum absolute atomic E-state index is 4.51. The van der Waals surface area contributed by atoms with Gasteiger partial charge in [0.2, 0.25) is 0 Å². The first kappa shape index (κ1) is 18.1. The molecule has 0 aliphatic carbocycles. The molecule has 0 saturated carbocycles. The third-order valence-electron chi connectivity index (χ3n) is 6.04. The normalized spacial score (nSPS) is 17.6. The van der Waals surface area contributed by atoms with Gasteiger partial charge in [0.15, 0.2) is 0 Å². The van der Waals surface area contributed by atoms with Crippen molar-refractivity contribution in [2.24, 2.45) is 0 Å². The first-order valence-electron chi connectivity index (χ1n) is 10.4. The van der Waals surface area contributed by atoms with E-state index >= 15 is 0 Å². The molecule has 1 aliphatic rings. The monoisotopic (exact) mass is 382 g/mol. The van der Waals surface area contributed by atoms with Crippen molar-refractivity contribution in [1.82, 2.24) is 20.1 Å². The number of aryl methyl sites for hydroxylation is 1. The molecule has 2 aromatic carbocycles. The fraction of sp³-hybridized carbons (Fsp3) is 0.280. The van der Waals surface area contributed by atoms with E-state index in [1.165, 1.54) is 46.2 Å². The van der Waals surface area contributed by atoms with Gasteiger partial charge in [0.1, 0.15) is 0 Å². The molecule has 3 heterocycles. The molecule has 1 aliphatic heterocycles. The summed E-state index contributed by atoms with van der Waals surface area (Å²) in [4.78, 5) is 7.09. The largest absolute Gasteiger partial charge is 0.298 e. The van der Waals surface area contributed by atoms with Crippen molar-refractivity contribution in [2.45, 2.75) is 32.2 Å². The van der Waals surface area contributed by atoms with E-state index in [9.17, 15) is 0 Å². The third-order valence-corrected chi connectivity index (χ3v) is 6.04. The highest BCUT2D eigenvalue weighted by molar-refractivity contribution is 5.81. The lowest BCUT2D eigenvalue weighted by Crippen LogP contribution is -2.34. The minimum atomic E-state index is 0.481. The predicted molar refractivity (Wildman–Crippen MR) is 118 cm³/mol. The standard InChI is InChI=1S/C25H26N4/c1-18-6-4-7-19(14-18)23-15-27-28-25(23)21-8-5-13-29(17-21)16-20-11-12-26-24-10-3-2-9-22(20)24/h2-4,6-7,9-12,14-15,21H,5,8,13,16-17H2,1H3,(H,27,28). The van der Waals surface area contributed by atoms with Gasteiger partial charge < -0.3 is 0 Å². The van der Waals surface area contributed by atoms with Crippen LogP contribution in [0.1, 0.15) is 35.6 Å². The topological polar surface area (TPSA) is 44.8 Å². The Balaban J connectivity index is 1.39. The van der Waals surface area contributed by atoms with Gasteiger partial charge in [0.05, 0.1) is 11.7 Å². The second-order valence-corrected chi connectivity index (χ2v) is 8.13. The fourth-order valence-corrected chi connectivity index (χ4v) is 4.62. The van der Waals surface area contributed by atoms with Crippen molar-refractivity contribution in [3.05, 3.63) is 83.8 Å². The number of aromatic amines is 1. The number of nitrogens with one attached hydrogen (secondary N) is 1. The fourth-order valence-electron chi connectivity index (χ4n) is 4.62. The van der Waals surface area contributed by atoms with Crippen LogP contribution in [0.15, 0.2) is 67.0 Å². The molecule has 146 valence electrons. The van der Waals surface area contributed by atoms with Crippen molar-refractivity contribution in [3.63, 3.8) is 0 Å². The SMILES string of the molecule is Cc1cccc(-c2cn[nH]c2C2CCCN(Cc3ccnc4ccccc34)C2)c1. The summed E-state index contributed by atoms with van der Waals surface area (Å²) in [6.07, 6.45) is 6.33. The van der Waals surface area contributed by atoms with Gasteiger partial charge in [-0.3, -0.25) is 15.0 Å². The van der Waals surface area contributed by atoms with Gasteiger partial charge in [-0.05, 0) is 49.6 Å². The average Bonchev–Trinajstić information content (AvgIpc) is 3.24. The summed E-state index contributed by atoms with van der Waals surface area (Å²) >= 11 is 0. The minimum absolute atomic E-state index is 0.481. The minimum Gasteiger partial charge on any atom is -0.298 e. The lowest BCUT2D eigenvalue weighted by atomic mass is 9.90. The second kappa shape index (κ2) is 7.80. The molecule has 0 bridgehead atoms. The Bertz CT molecular complexity index is 1130. The van der Waals surface area contributed by atoms with Crippen LogP contribution in [0.5, 0.6) is 0 Å². The number of aromatic nitrogens is 3. The number of likely N-dealkylation sites (tertiary alicyclic amines) is 1. The molecule has 29 heavy (non-hydrogen) atoms. The zero-order valence-electron chi connectivity index (χ0n) is 16.8. The van der Waals surface area contributed by atoms with Gasteiger partial charge in [-0.2, -0.15) is 5.10 Å². The summed E-state index contributed by atoms with van der Waals surface area (Å²) in [7, 11) is 0. The number of rotatable bonds is 4. The predicted octanol–water partition coefficient (Wildman–Crippen LogP) is 5.31. The number of hydrogen-bond donors (Lipinski definition) is 1. The van der Waals surface area contributed by atoms with Gasteiger partial charge in [-0.1, -0.05) is 48.0 Å². The van der Waals surface area contributed by atoms with Crippen LogP contribution < -0.4 is 0 Å². The Labute approximate surface area is 171 Å². The lowest BCUT2D eigenvalue weighted by Gasteiger charge is -2.33. The summed E-state index contributed by atoms with van der Waals surface area (Å²) in [5, 5.41) is 8.99. The van der Waals surface area contributed by atoms with Gasteiger partial charge in [-0.15, -0.1) is 0 Å². The number of fused-ring (bicyclic) bond motifs is 1. The zero-order chi connectivity index (χ0) is 19.6. The highest BCUT2D eigenvalue weighted by atomic mass is 15.2. The molecule has 0 spiro atoms. The molecular weight excluding hydrogens is 356 g/mol. The number of hydrogen-bond acceptors (Lipinski definition) is 3. The Hall–Kier alpha value is -2.98. The zero-order valence-corrected chi connectivity index (χ0v) is 16.8. The molecule has 1 saturated heterocycles. The van der Waals surface area contributed by atoms with Gasteiger partial charge in [-0.25, -0.2) is 0 Å². The third kappa shape index (κ3) is 3.68. The molecule has 1 fully saturated rings. The lowest BCUT2D eigenvalue weighted by molar-refractivity contribution is 0.199. The van der Waals surface area contributed by atoms with Crippen LogP contribution in [-0.2, 0) is 6.54 Å². The van der Waals surface area contributed by atoms with Crippen LogP contribution >= 0.6 is 0 Å². The smallest absolute Gasteiger partial charge is 0.0705 e. The van der Waals surface area contributed by atoms with E-state index in [2.05, 4.69) is 81.6 Å². The van der Waals surface area contributed by atoms with Crippen LogP contribution in [0.25, 0.3) is 22.0 Å². The summed E-state index contributed by atoms with van der Waals surface area (Å²) in [6.45, 7) is 5.30. The Morgan fingerprint density at radius 2 is 2.03 bits per heavy atom. The summed E-state index contributed by atoms with van der Waals surface area (Å²) < 4.78 is 0. The number of nitrogens with zero attached hydrogens (tertiary/aromatic N) is 3. The first-order chi connectivity index (χ1) is 14.3. The van der Waals surface area contributed by atoms with E-state index in [1.807, 2.05) is 12.4 Å². The van der Waals surface area contributed by atoms with Crippen molar-refractivity contribution < 1.29 is 0 Å². The molecule has 5 rings (SSSR count). The first-order valence-corrected chi connectivity index (χ1v) is 10.4. The quantitative estimate of drug-likeness (QED) is 0.520. The molecule has 4 aromatic rings. The summed E-state index contributed by atoms with van der Waals surface area (Å²) in [5.41, 5.74) is 7.50. The number of para-hydroxylation sites is 1. The molecule has 4 heteroatoms. The van der Waals surface area contributed by atoms with Gasteiger partial charge in [0, 0.05) is 41.8 Å². The molecule has 0 amide bonds. The van der Waals surface area contributed by atoms with Crippen LogP contribution in [0.2, 0.25) is 0 Å².